The second-order valence-electron chi connectivity index (χ2n) is 3.14. The van der Waals surface area contributed by atoms with Crippen LogP contribution in [0.5, 0.6) is 5.75 Å². The van der Waals surface area contributed by atoms with Crippen LogP contribution in [0, 0.1) is 0 Å². The minimum atomic E-state index is -0.0399. The summed E-state index contributed by atoms with van der Waals surface area (Å²) >= 11 is 0. The number of amides is 1. The van der Waals surface area contributed by atoms with Gasteiger partial charge in [0.2, 0.25) is 0 Å². The highest BCUT2D eigenvalue weighted by Gasteiger charge is 2.20. The molecule has 14 heavy (non-hydrogen) atoms. The molecule has 0 saturated carbocycles. The van der Waals surface area contributed by atoms with Crippen molar-refractivity contribution in [3.8, 4) is 5.75 Å². The third kappa shape index (κ3) is 1.70. The van der Waals surface area contributed by atoms with Gasteiger partial charge in [-0.25, -0.2) is 0 Å². The lowest BCUT2D eigenvalue weighted by Gasteiger charge is -2.25. The minimum Gasteiger partial charge on any atom is -0.508 e. The van der Waals surface area contributed by atoms with Crippen molar-refractivity contribution in [3.63, 3.8) is 0 Å². The van der Waals surface area contributed by atoms with Crippen molar-refractivity contribution in [2.75, 3.05) is 11.7 Å². The predicted molar refractivity (Wildman–Crippen MR) is 50.8 cm³/mol. The first-order valence-electron chi connectivity index (χ1n) is 4.52. The molecule has 74 valence electrons. The normalized spacial score (nSPS) is 17.1. The number of phenols is 1. The van der Waals surface area contributed by atoms with E-state index in [0.717, 1.165) is 6.42 Å². The van der Waals surface area contributed by atoms with Gasteiger partial charge in [0.1, 0.15) is 5.75 Å². The number of nitrogens with zero attached hydrogens (tertiary/aromatic N) is 1. The summed E-state index contributed by atoms with van der Waals surface area (Å²) in [6.07, 6.45) is 1.29. The van der Waals surface area contributed by atoms with Crippen LogP contribution in [0.25, 0.3) is 0 Å². The van der Waals surface area contributed by atoms with Crippen molar-refractivity contribution in [1.82, 2.24) is 0 Å². The predicted octanol–water partition coefficient (Wildman–Crippen LogP) is 1.45. The Balaban J connectivity index is 2.20. The van der Waals surface area contributed by atoms with Crippen molar-refractivity contribution in [3.05, 3.63) is 24.3 Å². The van der Waals surface area contributed by atoms with Gasteiger partial charge in [-0.05, 0) is 30.7 Å². The van der Waals surface area contributed by atoms with E-state index in [1.807, 2.05) is 0 Å². The molecule has 0 bridgehead atoms. The van der Waals surface area contributed by atoms with Gasteiger partial charge < -0.3 is 5.11 Å². The Labute approximate surface area is 81.7 Å². The highest BCUT2D eigenvalue weighted by atomic mass is 16.7. The third-order valence-electron chi connectivity index (χ3n) is 2.07. The van der Waals surface area contributed by atoms with Gasteiger partial charge in [0.15, 0.2) is 0 Å². The van der Waals surface area contributed by atoms with E-state index in [0.29, 0.717) is 18.7 Å². The number of phenolic OH excluding ortho intramolecular Hbond substituents is 1. The number of benzene rings is 1. The Morgan fingerprint density at radius 2 is 2.00 bits per heavy atom. The number of hydrogen-bond donors (Lipinski definition) is 1. The van der Waals surface area contributed by atoms with E-state index in [9.17, 15) is 4.79 Å². The molecule has 4 heteroatoms. The van der Waals surface area contributed by atoms with E-state index in [1.165, 1.54) is 17.2 Å². The molecule has 1 N–H and O–H groups in total. The van der Waals surface area contributed by atoms with E-state index in [4.69, 9.17) is 9.94 Å². The molecule has 0 radical (unpaired) electrons. The van der Waals surface area contributed by atoms with Crippen molar-refractivity contribution >= 4 is 11.6 Å². The Hall–Kier alpha value is -1.55. The number of rotatable bonds is 1. The molecular formula is C10H11NO3. The Morgan fingerprint density at radius 1 is 1.29 bits per heavy atom. The molecule has 1 amide bonds. The van der Waals surface area contributed by atoms with Crippen LogP contribution in [0.3, 0.4) is 0 Å². The average Bonchev–Trinajstić information content (AvgIpc) is 2.20. The Morgan fingerprint density at radius 3 is 2.64 bits per heavy atom. The minimum absolute atomic E-state index is 0.0399. The summed E-state index contributed by atoms with van der Waals surface area (Å²) < 4.78 is 0. The SMILES string of the molecule is O=C1CCCON1c1ccc(O)cc1. The van der Waals surface area contributed by atoms with Gasteiger partial charge in [-0.15, -0.1) is 0 Å². The molecular weight excluding hydrogens is 182 g/mol. The lowest BCUT2D eigenvalue weighted by molar-refractivity contribution is -0.129. The quantitative estimate of drug-likeness (QED) is 0.734. The smallest absolute Gasteiger partial charge is 0.250 e. The number of aromatic hydroxyl groups is 1. The summed E-state index contributed by atoms with van der Waals surface area (Å²) in [5.41, 5.74) is 0.660. The van der Waals surface area contributed by atoms with E-state index in [1.54, 1.807) is 12.1 Å². The molecule has 1 aromatic carbocycles. The standard InChI is InChI=1S/C10H11NO3/c12-9-5-3-8(4-6-9)11-10(13)2-1-7-14-11/h3-6,12H,1-2,7H2. The maximum absolute atomic E-state index is 11.4. The summed E-state index contributed by atoms with van der Waals surface area (Å²) in [6.45, 7) is 0.562. The third-order valence-corrected chi connectivity index (χ3v) is 2.07. The molecule has 2 rings (SSSR count). The zero-order chi connectivity index (χ0) is 9.97. The summed E-state index contributed by atoms with van der Waals surface area (Å²) in [7, 11) is 0. The first-order valence-corrected chi connectivity index (χ1v) is 4.52. The van der Waals surface area contributed by atoms with Crippen LogP contribution >= 0.6 is 0 Å². The number of anilines is 1. The lowest BCUT2D eigenvalue weighted by Crippen LogP contribution is -2.35. The Kier molecular flexibility index (Phi) is 2.37. The lowest BCUT2D eigenvalue weighted by atomic mass is 10.2. The fraction of sp³-hybridized carbons (Fsp3) is 0.300. The van der Waals surface area contributed by atoms with Crippen LogP contribution < -0.4 is 5.06 Å². The van der Waals surface area contributed by atoms with Gasteiger partial charge in [-0.2, -0.15) is 5.06 Å². The zero-order valence-corrected chi connectivity index (χ0v) is 7.64. The zero-order valence-electron chi connectivity index (χ0n) is 7.64. The first-order chi connectivity index (χ1) is 6.77. The molecule has 1 aliphatic heterocycles. The molecule has 1 saturated heterocycles. The second-order valence-corrected chi connectivity index (χ2v) is 3.14. The average molecular weight is 193 g/mol. The number of hydroxylamine groups is 1. The molecule has 1 heterocycles. The molecule has 4 nitrogen and oxygen atoms in total. The summed E-state index contributed by atoms with van der Waals surface area (Å²) in [5.74, 6) is 0.139. The maximum atomic E-state index is 11.4. The van der Waals surface area contributed by atoms with E-state index in [-0.39, 0.29) is 11.7 Å². The van der Waals surface area contributed by atoms with Crippen LogP contribution in [0.1, 0.15) is 12.8 Å². The van der Waals surface area contributed by atoms with Crippen molar-refractivity contribution in [2.45, 2.75) is 12.8 Å². The van der Waals surface area contributed by atoms with Gasteiger partial charge >= 0.3 is 0 Å². The molecule has 0 aliphatic carbocycles. The van der Waals surface area contributed by atoms with Gasteiger partial charge in [0, 0.05) is 6.42 Å². The van der Waals surface area contributed by atoms with Gasteiger partial charge in [-0.3, -0.25) is 9.63 Å². The van der Waals surface area contributed by atoms with Gasteiger partial charge in [0.25, 0.3) is 5.91 Å². The molecule has 0 unspecified atom stereocenters. The van der Waals surface area contributed by atoms with E-state index >= 15 is 0 Å². The van der Waals surface area contributed by atoms with Crippen molar-refractivity contribution in [1.29, 1.82) is 0 Å². The maximum Gasteiger partial charge on any atom is 0.250 e. The fourth-order valence-electron chi connectivity index (χ4n) is 1.36. The molecule has 1 aliphatic rings. The monoisotopic (exact) mass is 193 g/mol. The van der Waals surface area contributed by atoms with Crippen LogP contribution in [-0.4, -0.2) is 17.6 Å². The van der Waals surface area contributed by atoms with Crippen molar-refractivity contribution in [2.24, 2.45) is 0 Å². The first kappa shape index (κ1) is 9.02. The second kappa shape index (κ2) is 3.67. The molecule has 1 aromatic rings. The fourth-order valence-corrected chi connectivity index (χ4v) is 1.36. The van der Waals surface area contributed by atoms with Gasteiger partial charge in [-0.1, -0.05) is 0 Å². The molecule has 0 atom stereocenters. The van der Waals surface area contributed by atoms with Crippen LogP contribution in [0.2, 0.25) is 0 Å². The summed E-state index contributed by atoms with van der Waals surface area (Å²) in [4.78, 5) is 16.6. The van der Waals surface area contributed by atoms with Crippen molar-refractivity contribution < 1.29 is 14.7 Å². The molecule has 0 spiro atoms. The molecule has 1 fully saturated rings. The number of carbonyl (C=O) groups is 1. The topological polar surface area (TPSA) is 49.8 Å². The van der Waals surface area contributed by atoms with Crippen LogP contribution in [0.4, 0.5) is 5.69 Å². The highest BCUT2D eigenvalue weighted by Crippen LogP contribution is 2.21. The van der Waals surface area contributed by atoms with E-state index < -0.39 is 0 Å². The largest absolute Gasteiger partial charge is 0.508 e. The van der Waals surface area contributed by atoms with Gasteiger partial charge in [0.05, 0.1) is 12.3 Å². The van der Waals surface area contributed by atoms with Crippen LogP contribution in [-0.2, 0) is 9.63 Å². The van der Waals surface area contributed by atoms with E-state index in [2.05, 4.69) is 0 Å². The Bertz CT molecular complexity index is 334. The number of carbonyl (C=O) groups excluding carboxylic acids is 1. The van der Waals surface area contributed by atoms with Crippen LogP contribution in [0.15, 0.2) is 24.3 Å². The highest BCUT2D eigenvalue weighted by molar-refractivity contribution is 5.91. The molecule has 0 aromatic heterocycles. The summed E-state index contributed by atoms with van der Waals surface area (Å²) in [6, 6.07) is 6.36. The number of hydrogen-bond acceptors (Lipinski definition) is 3. The summed E-state index contributed by atoms with van der Waals surface area (Å²) in [5, 5.41) is 10.4.